The summed E-state index contributed by atoms with van der Waals surface area (Å²) in [4.78, 5) is 0. The van der Waals surface area contributed by atoms with E-state index in [4.69, 9.17) is 34.8 Å². The molecule has 0 spiro atoms. The molecule has 0 saturated heterocycles. The molecule has 0 saturated carbocycles. The van der Waals surface area contributed by atoms with Crippen molar-refractivity contribution < 1.29 is 0 Å². The van der Waals surface area contributed by atoms with Crippen molar-refractivity contribution in [2.75, 3.05) is 0 Å². The van der Waals surface area contributed by atoms with Crippen LogP contribution in [-0.4, -0.2) is 3.79 Å². The lowest BCUT2D eigenvalue weighted by Gasteiger charge is -2.13. The fourth-order valence-electron chi connectivity index (χ4n) is 0.614. The Morgan fingerprint density at radius 2 is 1.80 bits per heavy atom. The highest BCUT2D eigenvalue weighted by molar-refractivity contribution is 6.67. The maximum atomic E-state index is 5.57. The van der Waals surface area contributed by atoms with Gasteiger partial charge in [0, 0.05) is 0 Å². The average Bonchev–Trinajstić information content (AvgIpc) is 1.81. The highest BCUT2D eigenvalue weighted by atomic mass is 35.6. The second kappa shape index (κ2) is 4.69. The van der Waals surface area contributed by atoms with Crippen LogP contribution in [0.15, 0.2) is 0 Å². The van der Waals surface area contributed by atoms with Gasteiger partial charge in [-0.15, -0.1) is 0 Å². The molecule has 10 heavy (non-hydrogen) atoms. The van der Waals surface area contributed by atoms with Crippen molar-refractivity contribution in [3.63, 3.8) is 0 Å². The number of hydrogen-bond donors (Lipinski definition) is 0. The van der Waals surface area contributed by atoms with Gasteiger partial charge in [0.1, 0.15) is 0 Å². The Morgan fingerprint density at radius 1 is 1.30 bits per heavy atom. The standard InChI is InChI=1S/C7H13Cl3/c1-3-6(2)4-5-7(8,9)10/h6H,3-5H2,1-2H3. The van der Waals surface area contributed by atoms with Gasteiger partial charge in [-0.2, -0.15) is 0 Å². The highest BCUT2D eigenvalue weighted by Gasteiger charge is 2.19. The summed E-state index contributed by atoms with van der Waals surface area (Å²) in [5.41, 5.74) is 0. The van der Waals surface area contributed by atoms with Crippen LogP contribution in [0.5, 0.6) is 0 Å². The van der Waals surface area contributed by atoms with Gasteiger partial charge in [0.25, 0.3) is 0 Å². The van der Waals surface area contributed by atoms with Gasteiger partial charge in [-0.3, -0.25) is 0 Å². The van der Waals surface area contributed by atoms with Gasteiger partial charge in [-0.25, -0.2) is 0 Å². The number of hydrogen-bond acceptors (Lipinski definition) is 0. The minimum Gasteiger partial charge on any atom is -0.0837 e. The van der Waals surface area contributed by atoms with Crippen LogP contribution in [0.4, 0.5) is 0 Å². The SMILES string of the molecule is CCC(C)CCC(Cl)(Cl)Cl. The van der Waals surface area contributed by atoms with E-state index >= 15 is 0 Å². The van der Waals surface area contributed by atoms with Crippen molar-refractivity contribution in [1.29, 1.82) is 0 Å². The predicted octanol–water partition coefficient (Wildman–Crippen LogP) is 4.18. The zero-order valence-corrected chi connectivity index (χ0v) is 8.60. The van der Waals surface area contributed by atoms with Crippen molar-refractivity contribution in [2.24, 2.45) is 5.92 Å². The van der Waals surface area contributed by atoms with Gasteiger partial charge < -0.3 is 0 Å². The van der Waals surface area contributed by atoms with Crippen LogP contribution >= 0.6 is 34.8 Å². The summed E-state index contributed by atoms with van der Waals surface area (Å²) in [6, 6.07) is 0. The third-order valence-corrected chi connectivity index (χ3v) is 2.18. The smallest absolute Gasteiger partial charge is 0.0837 e. The molecule has 1 atom stereocenters. The predicted molar refractivity (Wildman–Crippen MR) is 49.0 cm³/mol. The molecule has 0 N–H and O–H groups in total. The summed E-state index contributed by atoms with van der Waals surface area (Å²) in [5.74, 6) is 0.663. The maximum Gasteiger partial charge on any atom is 0.190 e. The third-order valence-electron chi connectivity index (χ3n) is 1.62. The summed E-state index contributed by atoms with van der Waals surface area (Å²) in [5, 5.41) is 0. The zero-order valence-electron chi connectivity index (χ0n) is 6.33. The lowest BCUT2D eigenvalue weighted by Crippen LogP contribution is -2.04. The minimum atomic E-state index is -1.05. The number of halogens is 3. The minimum absolute atomic E-state index is 0.659. The molecule has 1 unspecified atom stereocenters. The molecule has 0 aromatic heterocycles. The van der Waals surface area contributed by atoms with E-state index in [1.807, 2.05) is 0 Å². The van der Waals surface area contributed by atoms with E-state index in [-0.39, 0.29) is 0 Å². The maximum absolute atomic E-state index is 5.57. The van der Waals surface area contributed by atoms with Crippen molar-refractivity contribution in [3.8, 4) is 0 Å². The van der Waals surface area contributed by atoms with E-state index in [2.05, 4.69) is 13.8 Å². The Morgan fingerprint density at radius 3 is 2.10 bits per heavy atom. The molecule has 0 aromatic carbocycles. The number of alkyl halides is 3. The Labute approximate surface area is 77.8 Å². The van der Waals surface area contributed by atoms with Crippen molar-refractivity contribution in [3.05, 3.63) is 0 Å². The van der Waals surface area contributed by atoms with Crippen LogP contribution in [0.25, 0.3) is 0 Å². The first-order valence-electron chi connectivity index (χ1n) is 3.52. The summed E-state index contributed by atoms with van der Waals surface area (Å²) >= 11 is 16.7. The Balaban J connectivity index is 3.36. The monoisotopic (exact) mass is 202 g/mol. The van der Waals surface area contributed by atoms with Crippen molar-refractivity contribution in [1.82, 2.24) is 0 Å². The van der Waals surface area contributed by atoms with Crippen LogP contribution in [-0.2, 0) is 0 Å². The van der Waals surface area contributed by atoms with Crippen molar-refractivity contribution in [2.45, 2.75) is 36.9 Å². The molecule has 0 aliphatic carbocycles. The molecule has 0 aromatic rings. The van der Waals surface area contributed by atoms with Gasteiger partial charge in [0.15, 0.2) is 3.79 Å². The molecule has 0 nitrogen and oxygen atoms in total. The van der Waals surface area contributed by atoms with Gasteiger partial charge in [-0.05, 0) is 18.8 Å². The van der Waals surface area contributed by atoms with E-state index in [0.717, 1.165) is 12.8 Å². The molecular formula is C7H13Cl3. The molecule has 0 amide bonds. The fourth-order valence-corrected chi connectivity index (χ4v) is 0.942. The topological polar surface area (TPSA) is 0 Å². The van der Waals surface area contributed by atoms with Gasteiger partial charge in [0.2, 0.25) is 0 Å². The molecule has 62 valence electrons. The van der Waals surface area contributed by atoms with E-state index in [1.165, 1.54) is 0 Å². The summed E-state index contributed by atoms with van der Waals surface area (Å²) in [6.07, 6.45) is 2.81. The molecule has 0 aliphatic rings. The molecular weight excluding hydrogens is 190 g/mol. The second-order valence-corrected chi connectivity index (χ2v) is 5.18. The first-order valence-corrected chi connectivity index (χ1v) is 4.66. The normalized spacial score (nSPS) is 15.3. The molecule has 0 heterocycles. The number of rotatable bonds is 3. The zero-order chi connectivity index (χ0) is 8.20. The Hall–Kier alpha value is 0.870. The lowest BCUT2D eigenvalue weighted by molar-refractivity contribution is 0.499. The molecule has 3 heteroatoms. The molecule has 0 bridgehead atoms. The molecule has 0 rings (SSSR count). The van der Waals surface area contributed by atoms with Crippen LogP contribution in [0.1, 0.15) is 33.1 Å². The highest BCUT2D eigenvalue weighted by Crippen LogP contribution is 2.32. The largest absolute Gasteiger partial charge is 0.190 e. The average molecular weight is 204 g/mol. The third kappa shape index (κ3) is 6.98. The first-order chi connectivity index (χ1) is 4.45. The summed E-state index contributed by atoms with van der Waals surface area (Å²) in [7, 11) is 0. The van der Waals surface area contributed by atoms with Crippen LogP contribution in [0, 0.1) is 5.92 Å². The van der Waals surface area contributed by atoms with Crippen LogP contribution in [0.3, 0.4) is 0 Å². The Bertz CT molecular complexity index is 85.3. The van der Waals surface area contributed by atoms with Gasteiger partial charge in [-0.1, -0.05) is 55.1 Å². The Kier molecular flexibility index (Phi) is 5.10. The summed E-state index contributed by atoms with van der Waals surface area (Å²) in [6.45, 7) is 4.31. The van der Waals surface area contributed by atoms with E-state index < -0.39 is 3.79 Å². The van der Waals surface area contributed by atoms with E-state index in [9.17, 15) is 0 Å². The fraction of sp³-hybridized carbons (Fsp3) is 1.00. The van der Waals surface area contributed by atoms with Crippen LogP contribution in [0.2, 0.25) is 0 Å². The second-order valence-electron chi connectivity index (χ2n) is 2.67. The van der Waals surface area contributed by atoms with Crippen molar-refractivity contribution >= 4 is 34.8 Å². The molecule has 0 radical (unpaired) electrons. The molecule has 0 aliphatic heterocycles. The quantitative estimate of drug-likeness (QED) is 0.604. The van der Waals surface area contributed by atoms with E-state index in [0.29, 0.717) is 12.3 Å². The molecule has 0 fully saturated rings. The summed E-state index contributed by atoms with van der Waals surface area (Å²) < 4.78 is -1.05. The van der Waals surface area contributed by atoms with E-state index in [1.54, 1.807) is 0 Å². The lowest BCUT2D eigenvalue weighted by atomic mass is 10.0. The first kappa shape index (κ1) is 10.9. The van der Waals surface area contributed by atoms with Crippen LogP contribution < -0.4 is 0 Å². The van der Waals surface area contributed by atoms with Gasteiger partial charge in [0.05, 0.1) is 0 Å². The van der Waals surface area contributed by atoms with Gasteiger partial charge >= 0.3 is 0 Å².